The summed E-state index contributed by atoms with van der Waals surface area (Å²) in [6.45, 7) is 2.65. The molecule has 0 aliphatic carbocycles. The maximum absolute atomic E-state index is 5.51. The van der Waals surface area contributed by atoms with E-state index in [9.17, 15) is 0 Å². The van der Waals surface area contributed by atoms with Crippen LogP contribution in [0.2, 0.25) is 0 Å². The Hall–Kier alpha value is -2.67. The van der Waals surface area contributed by atoms with Crippen LogP contribution in [0.4, 0.5) is 5.82 Å². The van der Waals surface area contributed by atoms with Crippen LogP contribution < -0.4 is 10.1 Å². The first-order valence-corrected chi connectivity index (χ1v) is 7.80. The van der Waals surface area contributed by atoms with Gasteiger partial charge in [0.1, 0.15) is 17.9 Å². The van der Waals surface area contributed by atoms with E-state index in [2.05, 4.69) is 45.4 Å². The molecule has 0 unspecified atom stereocenters. The number of anilines is 1. The summed E-state index contributed by atoms with van der Waals surface area (Å²) in [5, 5.41) is 7.70. The Morgan fingerprint density at radius 2 is 2.08 bits per heavy atom. The Labute approximate surface area is 141 Å². The molecule has 0 bridgehead atoms. The zero-order chi connectivity index (χ0) is 17.1. The normalized spacial score (nSPS) is 12.5. The lowest BCUT2D eigenvalue weighted by Gasteiger charge is -2.27. The van der Waals surface area contributed by atoms with E-state index in [0.717, 1.165) is 22.8 Å². The molecular weight excluding hydrogens is 304 g/mol. The molecule has 0 spiro atoms. The number of aryl methyl sites for hydroxylation is 1. The van der Waals surface area contributed by atoms with Crippen LogP contribution in [0.25, 0.3) is 5.78 Å². The Morgan fingerprint density at radius 3 is 2.83 bits per heavy atom. The van der Waals surface area contributed by atoms with Gasteiger partial charge in [-0.2, -0.15) is 14.6 Å². The van der Waals surface area contributed by atoms with Crippen LogP contribution in [0.1, 0.15) is 17.3 Å². The molecule has 0 saturated carbocycles. The van der Waals surface area contributed by atoms with Crippen molar-refractivity contribution < 1.29 is 4.74 Å². The van der Waals surface area contributed by atoms with Crippen molar-refractivity contribution in [2.75, 3.05) is 33.1 Å². The van der Waals surface area contributed by atoms with Gasteiger partial charge >= 0.3 is 0 Å². The molecule has 0 amide bonds. The molecular formula is C17H22N6O. The fourth-order valence-corrected chi connectivity index (χ4v) is 2.77. The summed E-state index contributed by atoms with van der Waals surface area (Å²) in [6.07, 6.45) is 1.51. The Bertz CT molecular complexity index is 829. The number of nitrogens with zero attached hydrogens (tertiary/aromatic N) is 5. The number of benzene rings is 1. The summed E-state index contributed by atoms with van der Waals surface area (Å²) < 4.78 is 7.22. The van der Waals surface area contributed by atoms with Gasteiger partial charge in [-0.25, -0.2) is 4.98 Å². The van der Waals surface area contributed by atoms with E-state index in [1.165, 1.54) is 6.33 Å². The van der Waals surface area contributed by atoms with Gasteiger partial charge in [0, 0.05) is 23.9 Å². The average molecular weight is 326 g/mol. The van der Waals surface area contributed by atoms with Gasteiger partial charge in [0.25, 0.3) is 5.78 Å². The molecule has 2 heterocycles. The minimum Gasteiger partial charge on any atom is -0.496 e. The molecule has 3 aromatic rings. The Balaban J connectivity index is 1.88. The monoisotopic (exact) mass is 326 g/mol. The van der Waals surface area contributed by atoms with Crippen molar-refractivity contribution in [3.8, 4) is 5.75 Å². The second-order valence-corrected chi connectivity index (χ2v) is 5.86. The van der Waals surface area contributed by atoms with E-state index in [-0.39, 0.29) is 6.04 Å². The highest BCUT2D eigenvalue weighted by atomic mass is 16.5. The molecule has 0 fully saturated rings. The third-order valence-corrected chi connectivity index (χ3v) is 3.98. The van der Waals surface area contributed by atoms with Gasteiger partial charge in [0.2, 0.25) is 0 Å². The predicted octanol–water partition coefficient (Wildman–Crippen LogP) is 2.16. The molecule has 1 atom stereocenters. The molecule has 126 valence electrons. The first kappa shape index (κ1) is 16.2. The van der Waals surface area contributed by atoms with Gasteiger partial charge in [-0.1, -0.05) is 18.2 Å². The number of methoxy groups -OCH3 is 1. The minimum absolute atomic E-state index is 0.146. The summed E-state index contributed by atoms with van der Waals surface area (Å²) in [5.41, 5.74) is 2.04. The van der Waals surface area contributed by atoms with E-state index >= 15 is 0 Å². The third kappa shape index (κ3) is 3.16. The molecule has 0 saturated heterocycles. The van der Waals surface area contributed by atoms with Gasteiger partial charge in [-0.3, -0.25) is 0 Å². The third-order valence-electron chi connectivity index (χ3n) is 3.98. The van der Waals surface area contributed by atoms with E-state index in [4.69, 9.17) is 4.74 Å². The zero-order valence-corrected chi connectivity index (χ0v) is 14.4. The fraction of sp³-hybridized carbons (Fsp3) is 0.353. The first-order valence-electron chi connectivity index (χ1n) is 7.80. The van der Waals surface area contributed by atoms with Crippen LogP contribution in [-0.2, 0) is 0 Å². The van der Waals surface area contributed by atoms with E-state index in [1.54, 1.807) is 11.6 Å². The van der Waals surface area contributed by atoms with Crippen molar-refractivity contribution in [1.82, 2.24) is 24.5 Å². The molecule has 7 heteroatoms. The predicted molar refractivity (Wildman–Crippen MR) is 93.4 cm³/mol. The van der Waals surface area contributed by atoms with Gasteiger partial charge in [-0.05, 0) is 27.1 Å². The highest BCUT2D eigenvalue weighted by Gasteiger charge is 2.18. The topological polar surface area (TPSA) is 67.6 Å². The summed E-state index contributed by atoms with van der Waals surface area (Å²) in [4.78, 5) is 10.7. The highest BCUT2D eigenvalue weighted by Crippen LogP contribution is 2.28. The molecule has 24 heavy (non-hydrogen) atoms. The number of ether oxygens (including phenoxy) is 1. The molecule has 3 rings (SSSR count). The van der Waals surface area contributed by atoms with E-state index < -0.39 is 0 Å². The standard InChI is InChI=1S/C17H22N6O/c1-12-9-16(23-17(21-12)19-11-20-23)18-10-14(22(2)3)13-7-5-6-8-15(13)24-4/h5-9,11,14,18H,10H2,1-4H3/t14-/m1/s1. The highest BCUT2D eigenvalue weighted by molar-refractivity contribution is 5.45. The maximum atomic E-state index is 5.51. The molecule has 1 aromatic carbocycles. The van der Waals surface area contributed by atoms with Crippen molar-refractivity contribution in [1.29, 1.82) is 0 Å². The second-order valence-electron chi connectivity index (χ2n) is 5.86. The van der Waals surface area contributed by atoms with Crippen LogP contribution in [0.5, 0.6) is 5.75 Å². The van der Waals surface area contributed by atoms with Crippen molar-refractivity contribution in [2.45, 2.75) is 13.0 Å². The van der Waals surface area contributed by atoms with Gasteiger partial charge in [-0.15, -0.1) is 0 Å². The molecule has 1 N–H and O–H groups in total. The molecule has 2 aromatic heterocycles. The number of hydrogen-bond acceptors (Lipinski definition) is 6. The summed E-state index contributed by atoms with van der Waals surface area (Å²) in [5.74, 6) is 2.35. The quantitative estimate of drug-likeness (QED) is 0.749. The molecule has 0 radical (unpaired) electrons. The number of likely N-dealkylation sites (N-methyl/N-ethyl adjacent to an activating group) is 1. The van der Waals surface area contributed by atoms with Crippen molar-refractivity contribution in [2.24, 2.45) is 0 Å². The molecule has 0 aliphatic rings. The van der Waals surface area contributed by atoms with Crippen LogP contribution in [0.15, 0.2) is 36.7 Å². The summed E-state index contributed by atoms with van der Waals surface area (Å²) in [6, 6.07) is 10.2. The number of fused-ring (bicyclic) bond motifs is 1. The lowest BCUT2D eigenvalue weighted by molar-refractivity contribution is 0.299. The SMILES string of the molecule is COc1ccccc1[C@@H](CNc1cc(C)nc2ncnn12)N(C)C. The lowest BCUT2D eigenvalue weighted by Crippen LogP contribution is -2.28. The van der Waals surface area contributed by atoms with Gasteiger partial charge in [0.15, 0.2) is 0 Å². The van der Waals surface area contributed by atoms with Gasteiger partial charge < -0.3 is 15.0 Å². The minimum atomic E-state index is 0.146. The average Bonchev–Trinajstić information content (AvgIpc) is 3.03. The van der Waals surface area contributed by atoms with E-state index in [1.807, 2.05) is 31.2 Å². The van der Waals surface area contributed by atoms with Crippen molar-refractivity contribution in [3.05, 3.63) is 47.9 Å². The fourth-order valence-electron chi connectivity index (χ4n) is 2.77. The zero-order valence-electron chi connectivity index (χ0n) is 14.4. The lowest BCUT2D eigenvalue weighted by atomic mass is 10.0. The number of hydrogen-bond donors (Lipinski definition) is 1. The Kier molecular flexibility index (Phi) is 4.61. The maximum Gasteiger partial charge on any atom is 0.254 e. The number of rotatable bonds is 6. The van der Waals surface area contributed by atoms with Crippen molar-refractivity contribution in [3.63, 3.8) is 0 Å². The van der Waals surface area contributed by atoms with Gasteiger partial charge in [0.05, 0.1) is 13.2 Å². The van der Waals surface area contributed by atoms with E-state index in [0.29, 0.717) is 12.3 Å². The Morgan fingerprint density at radius 1 is 1.29 bits per heavy atom. The molecule has 0 aliphatic heterocycles. The van der Waals surface area contributed by atoms with Crippen LogP contribution in [0, 0.1) is 6.92 Å². The second kappa shape index (κ2) is 6.84. The van der Waals surface area contributed by atoms with Crippen LogP contribution >= 0.6 is 0 Å². The largest absolute Gasteiger partial charge is 0.496 e. The van der Waals surface area contributed by atoms with Crippen LogP contribution in [-0.4, -0.2) is 52.2 Å². The number of para-hydroxylation sites is 1. The number of aromatic nitrogens is 4. The summed E-state index contributed by atoms with van der Waals surface area (Å²) >= 11 is 0. The first-order chi connectivity index (χ1) is 11.6. The van der Waals surface area contributed by atoms with Crippen LogP contribution in [0.3, 0.4) is 0 Å². The molecule has 7 nitrogen and oxygen atoms in total. The summed E-state index contributed by atoms with van der Waals surface area (Å²) in [7, 11) is 5.81. The van der Waals surface area contributed by atoms with Crippen molar-refractivity contribution >= 4 is 11.6 Å². The number of nitrogens with one attached hydrogen (secondary N) is 1. The smallest absolute Gasteiger partial charge is 0.254 e.